The number of rotatable bonds is 5. The average Bonchev–Trinajstić information content (AvgIpc) is 2.84. The van der Waals surface area contributed by atoms with Crippen LogP contribution in [-0.2, 0) is 0 Å². The predicted molar refractivity (Wildman–Crippen MR) is 146 cm³/mol. The minimum absolute atomic E-state index is 0.0683. The van der Waals surface area contributed by atoms with E-state index in [0.29, 0.717) is 44.6 Å². The van der Waals surface area contributed by atoms with Gasteiger partial charge in [0.1, 0.15) is 0 Å². The van der Waals surface area contributed by atoms with Crippen LogP contribution in [-0.4, -0.2) is 43.1 Å². The van der Waals surface area contributed by atoms with E-state index in [2.05, 4.69) is 28.2 Å². The molecule has 4 rings (SSSR count). The van der Waals surface area contributed by atoms with Crippen LogP contribution >= 0.6 is 34.8 Å². The van der Waals surface area contributed by atoms with Gasteiger partial charge in [0.15, 0.2) is 0 Å². The van der Waals surface area contributed by atoms with Crippen molar-refractivity contribution in [3.8, 4) is 0 Å². The average molecular weight is 537 g/mol. The monoisotopic (exact) mass is 535 g/mol. The van der Waals surface area contributed by atoms with Gasteiger partial charge in [0.25, 0.3) is 5.91 Å². The Morgan fingerprint density at radius 3 is 2.54 bits per heavy atom. The van der Waals surface area contributed by atoms with Crippen LogP contribution in [0, 0.1) is 5.92 Å². The summed E-state index contributed by atoms with van der Waals surface area (Å²) in [6, 6.07) is 13.2. The zero-order valence-corrected chi connectivity index (χ0v) is 22.1. The number of halogens is 3. The Labute approximate surface area is 222 Å². The lowest BCUT2D eigenvalue weighted by atomic mass is 9.81. The molecular formula is C26H32Cl3N5O. The van der Waals surface area contributed by atoms with Crippen molar-refractivity contribution in [2.24, 2.45) is 10.9 Å². The number of hydrogen-bond donors (Lipinski definition) is 4. The lowest BCUT2D eigenvalue weighted by Gasteiger charge is -2.38. The van der Waals surface area contributed by atoms with Crippen LogP contribution in [0.3, 0.4) is 0 Å². The molecule has 1 amide bonds. The smallest absolute Gasteiger partial charge is 0.258 e. The van der Waals surface area contributed by atoms with E-state index in [1.165, 1.54) is 0 Å². The maximum atomic E-state index is 13.0. The standard InChI is InChI=1S/C26H32Cl3N5O/c1-16-23(31-19-10-12-30-13-11-19)6-3-7-24(16)33-26(32-20-5-2-4-18(27)15-20)34-25(35)17-8-9-21(28)22(29)14-17/h2,4-5,8-9,14-16,19,23-24,30-31H,3,6-7,10-13H2,1H3,(H2,32,33,34,35). The van der Waals surface area contributed by atoms with Gasteiger partial charge < -0.3 is 16.0 Å². The molecular weight excluding hydrogens is 505 g/mol. The lowest BCUT2D eigenvalue weighted by molar-refractivity contribution is 0.0976. The third-order valence-corrected chi connectivity index (χ3v) is 7.82. The van der Waals surface area contributed by atoms with Crippen molar-refractivity contribution in [1.29, 1.82) is 0 Å². The Morgan fingerprint density at radius 2 is 1.80 bits per heavy atom. The molecule has 0 aromatic heterocycles. The van der Waals surface area contributed by atoms with Gasteiger partial charge in [0.2, 0.25) is 5.96 Å². The summed E-state index contributed by atoms with van der Waals surface area (Å²) >= 11 is 18.3. The topological polar surface area (TPSA) is 77.5 Å². The number of carbonyl (C=O) groups is 1. The van der Waals surface area contributed by atoms with E-state index in [0.717, 1.165) is 50.9 Å². The van der Waals surface area contributed by atoms with Gasteiger partial charge in [-0.25, -0.2) is 4.99 Å². The molecule has 1 heterocycles. The molecule has 6 nitrogen and oxygen atoms in total. The molecule has 1 saturated carbocycles. The minimum Gasteiger partial charge on any atom is -0.326 e. The summed E-state index contributed by atoms with van der Waals surface area (Å²) in [5.74, 6) is 0.407. The first-order valence-corrected chi connectivity index (χ1v) is 13.4. The van der Waals surface area contributed by atoms with Crippen molar-refractivity contribution in [2.45, 2.75) is 57.2 Å². The highest BCUT2D eigenvalue weighted by Crippen LogP contribution is 2.29. The van der Waals surface area contributed by atoms with Gasteiger partial charge in [0.05, 0.1) is 16.1 Å². The number of aliphatic imine (C=N–C) groups is 1. The van der Waals surface area contributed by atoms with Gasteiger partial charge in [-0.05, 0) is 87.5 Å². The summed E-state index contributed by atoms with van der Waals surface area (Å²) in [7, 11) is 0. The molecule has 4 N–H and O–H groups in total. The molecule has 188 valence electrons. The van der Waals surface area contributed by atoms with Crippen LogP contribution in [0.4, 0.5) is 5.69 Å². The van der Waals surface area contributed by atoms with Gasteiger partial charge in [0, 0.05) is 28.4 Å². The Balaban J connectivity index is 1.53. The van der Waals surface area contributed by atoms with E-state index in [4.69, 9.17) is 39.8 Å². The lowest BCUT2D eigenvalue weighted by Crippen LogP contribution is -2.50. The van der Waals surface area contributed by atoms with Crippen LogP contribution in [0.5, 0.6) is 0 Å². The highest BCUT2D eigenvalue weighted by Gasteiger charge is 2.32. The number of anilines is 1. The molecule has 2 fully saturated rings. The molecule has 0 radical (unpaired) electrons. The van der Waals surface area contributed by atoms with Crippen molar-refractivity contribution in [3.63, 3.8) is 0 Å². The summed E-state index contributed by atoms with van der Waals surface area (Å²) in [6.45, 7) is 4.38. The SMILES string of the molecule is CC1C(N=C(NC(=O)c2ccc(Cl)c(Cl)c2)Nc2cccc(Cl)c2)CCCC1NC1CCNCC1. The van der Waals surface area contributed by atoms with Gasteiger partial charge in [-0.1, -0.05) is 47.8 Å². The summed E-state index contributed by atoms with van der Waals surface area (Å²) < 4.78 is 0. The molecule has 3 unspecified atom stereocenters. The molecule has 2 aromatic carbocycles. The molecule has 9 heteroatoms. The van der Waals surface area contributed by atoms with E-state index < -0.39 is 0 Å². The van der Waals surface area contributed by atoms with E-state index >= 15 is 0 Å². The number of carbonyl (C=O) groups excluding carboxylic acids is 1. The first kappa shape index (κ1) is 26.2. The number of nitrogens with one attached hydrogen (secondary N) is 4. The molecule has 3 atom stereocenters. The maximum absolute atomic E-state index is 13.0. The van der Waals surface area contributed by atoms with Crippen LogP contribution in [0.1, 0.15) is 49.4 Å². The van der Waals surface area contributed by atoms with E-state index in [1.54, 1.807) is 30.3 Å². The van der Waals surface area contributed by atoms with Crippen LogP contribution in [0.25, 0.3) is 0 Å². The third-order valence-electron chi connectivity index (χ3n) is 6.84. The largest absolute Gasteiger partial charge is 0.326 e. The Kier molecular flexibility index (Phi) is 9.31. The van der Waals surface area contributed by atoms with Gasteiger partial charge >= 0.3 is 0 Å². The number of guanidine groups is 1. The zero-order valence-electron chi connectivity index (χ0n) is 19.8. The summed E-state index contributed by atoms with van der Waals surface area (Å²) in [6.07, 6.45) is 5.50. The second-order valence-electron chi connectivity index (χ2n) is 9.35. The second-order valence-corrected chi connectivity index (χ2v) is 10.6. The van der Waals surface area contributed by atoms with E-state index in [1.807, 2.05) is 12.1 Å². The molecule has 1 saturated heterocycles. The van der Waals surface area contributed by atoms with Crippen molar-refractivity contribution >= 4 is 52.4 Å². The molecule has 1 aliphatic heterocycles. The number of nitrogens with zero attached hydrogens (tertiary/aromatic N) is 1. The molecule has 35 heavy (non-hydrogen) atoms. The number of amides is 1. The Morgan fingerprint density at radius 1 is 1.00 bits per heavy atom. The van der Waals surface area contributed by atoms with Gasteiger partial charge in [-0.2, -0.15) is 0 Å². The molecule has 0 bridgehead atoms. The quantitative estimate of drug-likeness (QED) is 0.290. The van der Waals surface area contributed by atoms with Crippen LogP contribution in [0.2, 0.25) is 15.1 Å². The fourth-order valence-corrected chi connectivity index (χ4v) is 5.32. The number of benzene rings is 2. The fourth-order valence-electron chi connectivity index (χ4n) is 4.83. The van der Waals surface area contributed by atoms with Crippen LogP contribution in [0.15, 0.2) is 47.5 Å². The van der Waals surface area contributed by atoms with E-state index in [-0.39, 0.29) is 11.9 Å². The Hall–Kier alpha value is -1.83. The molecule has 0 spiro atoms. The minimum atomic E-state index is -0.315. The zero-order chi connectivity index (χ0) is 24.8. The van der Waals surface area contributed by atoms with Gasteiger partial charge in [-0.3, -0.25) is 10.1 Å². The van der Waals surface area contributed by atoms with Crippen molar-refractivity contribution in [1.82, 2.24) is 16.0 Å². The highest BCUT2D eigenvalue weighted by molar-refractivity contribution is 6.42. The third kappa shape index (κ3) is 7.34. The van der Waals surface area contributed by atoms with E-state index in [9.17, 15) is 4.79 Å². The molecule has 2 aliphatic rings. The van der Waals surface area contributed by atoms with Crippen molar-refractivity contribution in [3.05, 3.63) is 63.1 Å². The van der Waals surface area contributed by atoms with Crippen molar-refractivity contribution < 1.29 is 4.79 Å². The first-order valence-electron chi connectivity index (χ1n) is 12.2. The fraction of sp³-hybridized carbons (Fsp3) is 0.462. The molecule has 1 aliphatic carbocycles. The summed E-state index contributed by atoms with van der Waals surface area (Å²) in [4.78, 5) is 18.1. The van der Waals surface area contributed by atoms with Crippen LogP contribution < -0.4 is 21.3 Å². The number of piperidine rings is 1. The number of hydrogen-bond acceptors (Lipinski definition) is 4. The molecule has 2 aromatic rings. The first-order chi connectivity index (χ1) is 16.9. The summed E-state index contributed by atoms with van der Waals surface area (Å²) in [5, 5.41) is 14.8. The van der Waals surface area contributed by atoms with Gasteiger partial charge in [-0.15, -0.1) is 0 Å². The predicted octanol–water partition coefficient (Wildman–Crippen LogP) is 5.74. The normalized spacial score (nSPS) is 23.7. The highest BCUT2D eigenvalue weighted by atomic mass is 35.5. The maximum Gasteiger partial charge on any atom is 0.258 e. The Bertz CT molecular complexity index is 1060. The van der Waals surface area contributed by atoms with Crippen molar-refractivity contribution in [2.75, 3.05) is 18.4 Å². The summed E-state index contributed by atoms with van der Waals surface area (Å²) in [5.41, 5.74) is 1.15. The second kappa shape index (κ2) is 12.4.